The lowest BCUT2D eigenvalue weighted by Gasteiger charge is -2.10. The van der Waals surface area contributed by atoms with Crippen LogP contribution in [0.2, 0.25) is 0 Å². The summed E-state index contributed by atoms with van der Waals surface area (Å²) >= 11 is 0. The van der Waals surface area contributed by atoms with Crippen molar-refractivity contribution in [2.24, 2.45) is 0 Å². The SMILES string of the molecule is C=C(C)COc1ccc(CCC(C)NC)cc1. The van der Waals surface area contributed by atoms with Crippen molar-refractivity contribution in [2.45, 2.75) is 32.7 Å². The van der Waals surface area contributed by atoms with E-state index in [4.69, 9.17) is 4.74 Å². The maximum absolute atomic E-state index is 5.56. The molecule has 94 valence electrons. The third-order valence-corrected chi connectivity index (χ3v) is 2.77. The van der Waals surface area contributed by atoms with Crippen LogP contribution in [0.25, 0.3) is 0 Å². The standard InChI is InChI=1S/C15H23NO/c1-12(2)11-17-15-9-7-14(8-10-15)6-5-13(3)16-4/h7-10,13,16H,1,5-6,11H2,2-4H3. The van der Waals surface area contributed by atoms with Crippen molar-refractivity contribution < 1.29 is 4.74 Å². The Balaban J connectivity index is 2.41. The average molecular weight is 233 g/mol. The van der Waals surface area contributed by atoms with Crippen LogP contribution in [-0.2, 0) is 6.42 Å². The number of hydrogen-bond donors (Lipinski definition) is 1. The summed E-state index contributed by atoms with van der Waals surface area (Å²) in [5.41, 5.74) is 2.40. The highest BCUT2D eigenvalue weighted by molar-refractivity contribution is 5.27. The predicted molar refractivity (Wildman–Crippen MR) is 73.6 cm³/mol. The topological polar surface area (TPSA) is 21.3 Å². The van der Waals surface area contributed by atoms with Crippen molar-refractivity contribution in [1.29, 1.82) is 0 Å². The molecule has 1 aromatic rings. The Kier molecular flexibility index (Phi) is 5.78. The summed E-state index contributed by atoms with van der Waals surface area (Å²) in [6.45, 7) is 8.57. The Morgan fingerprint density at radius 2 is 2.00 bits per heavy atom. The number of aryl methyl sites for hydroxylation is 1. The monoisotopic (exact) mass is 233 g/mol. The second-order valence-corrected chi connectivity index (χ2v) is 4.62. The molecular weight excluding hydrogens is 210 g/mol. The number of nitrogens with one attached hydrogen (secondary N) is 1. The lowest BCUT2D eigenvalue weighted by atomic mass is 10.1. The van der Waals surface area contributed by atoms with Crippen LogP contribution in [-0.4, -0.2) is 19.7 Å². The summed E-state index contributed by atoms with van der Waals surface area (Å²) in [7, 11) is 2.00. The molecule has 0 saturated carbocycles. The highest BCUT2D eigenvalue weighted by atomic mass is 16.5. The fourth-order valence-electron chi connectivity index (χ4n) is 1.49. The van der Waals surface area contributed by atoms with Crippen LogP contribution in [0.3, 0.4) is 0 Å². The summed E-state index contributed by atoms with van der Waals surface area (Å²) in [5.74, 6) is 0.915. The minimum absolute atomic E-state index is 0.564. The molecule has 0 aliphatic rings. The van der Waals surface area contributed by atoms with Gasteiger partial charge in [0.1, 0.15) is 12.4 Å². The van der Waals surface area contributed by atoms with Gasteiger partial charge in [0.2, 0.25) is 0 Å². The van der Waals surface area contributed by atoms with Gasteiger partial charge in [0.15, 0.2) is 0 Å². The van der Waals surface area contributed by atoms with Crippen LogP contribution in [0, 0.1) is 0 Å². The van der Waals surface area contributed by atoms with E-state index in [0.717, 1.165) is 24.2 Å². The quantitative estimate of drug-likeness (QED) is 0.730. The van der Waals surface area contributed by atoms with E-state index in [0.29, 0.717) is 12.6 Å². The van der Waals surface area contributed by atoms with Gasteiger partial charge in [-0.05, 0) is 57.0 Å². The van der Waals surface area contributed by atoms with E-state index >= 15 is 0 Å². The molecule has 0 bridgehead atoms. The van der Waals surface area contributed by atoms with E-state index < -0.39 is 0 Å². The lowest BCUT2D eigenvalue weighted by molar-refractivity contribution is 0.352. The maximum atomic E-state index is 5.56. The number of benzene rings is 1. The van der Waals surface area contributed by atoms with Gasteiger partial charge in [0.05, 0.1) is 0 Å². The lowest BCUT2D eigenvalue weighted by Crippen LogP contribution is -2.21. The molecule has 0 amide bonds. The van der Waals surface area contributed by atoms with Crippen LogP contribution < -0.4 is 10.1 Å². The molecule has 1 atom stereocenters. The Morgan fingerprint density at radius 3 is 2.53 bits per heavy atom. The minimum atomic E-state index is 0.564. The van der Waals surface area contributed by atoms with Crippen molar-refractivity contribution in [1.82, 2.24) is 5.32 Å². The molecule has 1 rings (SSSR count). The van der Waals surface area contributed by atoms with E-state index in [2.05, 4.69) is 31.0 Å². The molecule has 2 nitrogen and oxygen atoms in total. The molecule has 0 aliphatic carbocycles. The predicted octanol–water partition coefficient (Wildman–Crippen LogP) is 3.18. The summed E-state index contributed by atoms with van der Waals surface area (Å²) in [6, 6.07) is 8.89. The molecule has 2 heteroatoms. The zero-order valence-corrected chi connectivity index (χ0v) is 11.1. The number of hydrogen-bond acceptors (Lipinski definition) is 2. The summed E-state index contributed by atoms with van der Waals surface area (Å²) in [5, 5.41) is 3.24. The van der Waals surface area contributed by atoms with Crippen LogP contribution in [0.5, 0.6) is 5.75 Å². The third-order valence-electron chi connectivity index (χ3n) is 2.77. The van der Waals surface area contributed by atoms with E-state index in [1.807, 2.05) is 26.1 Å². The first-order valence-corrected chi connectivity index (χ1v) is 6.15. The first-order valence-electron chi connectivity index (χ1n) is 6.15. The Labute approximate surface area is 105 Å². The number of ether oxygens (including phenoxy) is 1. The zero-order chi connectivity index (χ0) is 12.7. The molecule has 0 saturated heterocycles. The largest absolute Gasteiger partial charge is 0.489 e. The van der Waals surface area contributed by atoms with E-state index in [-0.39, 0.29) is 0 Å². The van der Waals surface area contributed by atoms with Gasteiger partial charge in [-0.15, -0.1) is 0 Å². The first kappa shape index (κ1) is 13.8. The molecule has 0 aromatic heterocycles. The van der Waals surface area contributed by atoms with Gasteiger partial charge in [0, 0.05) is 6.04 Å². The fraction of sp³-hybridized carbons (Fsp3) is 0.467. The second-order valence-electron chi connectivity index (χ2n) is 4.62. The molecule has 17 heavy (non-hydrogen) atoms. The Bertz CT molecular complexity index is 342. The highest BCUT2D eigenvalue weighted by Gasteiger charge is 2.00. The molecule has 0 spiro atoms. The van der Waals surface area contributed by atoms with Crippen LogP contribution >= 0.6 is 0 Å². The van der Waals surface area contributed by atoms with E-state index in [1.54, 1.807) is 0 Å². The van der Waals surface area contributed by atoms with Gasteiger partial charge in [0.25, 0.3) is 0 Å². The smallest absolute Gasteiger partial charge is 0.119 e. The van der Waals surface area contributed by atoms with Crippen molar-refractivity contribution in [2.75, 3.05) is 13.7 Å². The Hall–Kier alpha value is -1.28. The van der Waals surface area contributed by atoms with Crippen molar-refractivity contribution in [3.05, 3.63) is 42.0 Å². The molecule has 0 fully saturated rings. The van der Waals surface area contributed by atoms with Crippen molar-refractivity contribution >= 4 is 0 Å². The molecular formula is C15H23NO. The van der Waals surface area contributed by atoms with Crippen LogP contribution in [0.4, 0.5) is 0 Å². The normalized spacial score (nSPS) is 12.2. The number of rotatable bonds is 7. The average Bonchev–Trinajstić information content (AvgIpc) is 2.34. The third kappa shape index (κ3) is 5.55. The molecule has 1 unspecified atom stereocenters. The van der Waals surface area contributed by atoms with Crippen molar-refractivity contribution in [3.8, 4) is 5.75 Å². The molecule has 0 radical (unpaired) electrons. The van der Waals surface area contributed by atoms with Gasteiger partial charge in [-0.2, -0.15) is 0 Å². The van der Waals surface area contributed by atoms with Gasteiger partial charge < -0.3 is 10.1 Å². The fourth-order valence-corrected chi connectivity index (χ4v) is 1.49. The van der Waals surface area contributed by atoms with E-state index in [1.165, 1.54) is 5.56 Å². The van der Waals surface area contributed by atoms with Crippen molar-refractivity contribution in [3.63, 3.8) is 0 Å². The van der Waals surface area contributed by atoms with Gasteiger partial charge in [-0.1, -0.05) is 18.7 Å². The van der Waals surface area contributed by atoms with Gasteiger partial charge in [-0.25, -0.2) is 0 Å². The van der Waals surface area contributed by atoms with Gasteiger partial charge in [-0.3, -0.25) is 0 Å². The summed E-state index contributed by atoms with van der Waals surface area (Å²) in [4.78, 5) is 0. The Morgan fingerprint density at radius 1 is 1.35 bits per heavy atom. The van der Waals surface area contributed by atoms with Crippen LogP contribution in [0.1, 0.15) is 25.8 Å². The summed E-state index contributed by atoms with van der Waals surface area (Å²) in [6.07, 6.45) is 2.26. The molecule has 1 aromatic carbocycles. The minimum Gasteiger partial charge on any atom is -0.489 e. The van der Waals surface area contributed by atoms with Crippen LogP contribution in [0.15, 0.2) is 36.4 Å². The zero-order valence-electron chi connectivity index (χ0n) is 11.1. The van der Waals surface area contributed by atoms with Gasteiger partial charge >= 0.3 is 0 Å². The molecule has 0 heterocycles. The summed E-state index contributed by atoms with van der Waals surface area (Å²) < 4.78 is 5.56. The molecule has 1 N–H and O–H groups in total. The van der Waals surface area contributed by atoms with E-state index in [9.17, 15) is 0 Å². The highest BCUT2D eigenvalue weighted by Crippen LogP contribution is 2.14. The first-order chi connectivity index (χ1) is 8.11. The maximum Gasteiger partial charge on any atom is 0.119 e. The second kappa shape index (κ2) is 7.13. The molecule has 0 aliphatic heterocycles.